The van der Waals surface area contributed by atoms with Crippen LogP contribution in [0.5, 0.6) is 0 Å². The lowest BCUT2D eigenvalue weighted by atomic mass is 10.1. The average molecular weight is 168 g/mol. The standard InChI is InChI=1S/C8H12N2O2/c9-8-10-6(5-12-8)7-3-1-2-4-11-7/h5,7H,1-4H2,(H2,9,10). The Bertz CT molecular complexity index is 253. The molecule has 1 atom stereocenters. The highest BCUT2D eigenvalue weighted by Gasteiger charge is 2.18. The van der Waals surface area contributed by atoms with Gasteiger partial charge < -0.3 is 14.9 Å². The van der Waals surface area contributed by atoms with Crippen LogP contribution in [0.25, 0.3) is 0 Å². The van der Waals surface area contributed by atoms with Crippen molar-refractivity contribution >= 4 is 6.01 Å². The summed E-state index contributed by atoms with van der Waals surface area (Å²) in [7, 11) is 0. The summed E-state index contributed by atoms with van der Waals surface area (Å²) in [4.78, 5) is 4.02. The van der Waals surface area contributed by atoms with Crippen molar-refractivity contribution in [2.75, 3.05) is 12.3 Å². The molecule has 1 aromatic heterocycles. The smallest absolute Gasteiger partial charge is 0.292 e. The largest absolute Gasteiger partial charge is 0.432 e. The van der Waals surface area contributed by atoms with Crippen molar-refractivity contribution < 1.29 is 9.15 Å². The van der Waals surface area contributed by atoms with E-state index in [1.807, 2.05) is 0 Å². The Hall–Kier alpha value is -1.03. The quantitative estimate of drug-likeness (QED) is 0.690. The zero-order chi connectivity index (χ0) is 8.39. The van der Waals surface area contributed by atoms with Crippen LogP contribution in [0.3, 0.4) is 0 Å². The van der Waals surface area contributed by atoms with Gasteiger partial charge in [-0.2, -0.15) is 4.98 Å². The van der Waals surface area contributed by atoms with Gasteiger partial charge in [0.15, 0.2) is 0 Å². The van der Waals surface area contributed by atoms with E-state index in [0.29, 0.717) is 0 Å². The molecular formula is C8H12N2O2. The normalized spacial score (nSPS) is 24.2. The number of hydrogen-bond acceptors (Lipinski definition) is 4. The van der Waals surface area contributed by atoms with Crippen molar-refractivity contribution in [1.29, 1.82) is 0 Å². The van der Waals surface area contributed by atoms with Gasteiger partial charge in [-0.05, 0) is 19.3 Å². The van der Waals surface area contributed by atoms with E-state index in [4.69, 9.17) is 14.9 Å². The zero-order valence-electron chi connectivity index (χ0n) is 6.82. The van der Waals surface area contributed by atoms with E-state index in [0.717, 1.165) is 25.1 Å². The minimum Gasteiger partial charge on any atom is -0.432 e. The topological polar surface area (TPSA) is 61.3 Å². The lowest BCUT2D eigenvalue weighted by Crippen LogP contribution is -2.11. The zero-order valence-corrected chi connectivity index (χ0v) is 6.82. The first kappa shape index (κ1) is 7.61. The monoisotopic (exact) mass is 168 g/mol. The summed E-state index contributed by atoms with van der Waals surface area (Å²) >= 11 is 0. The van der Waals surface area contributed by atoms with Crippen LogP contribution >= 0.6 is 0 Å². The van der Waals surface area contributed by atoms with E-state index < -0.39 is 0 Å². The van der Waals surface area contributed by atoms with Gasteiger partial charge in [-0.25, -0.2) is 0 Å². The van der Waals surface area contributed by atoms with Crippen molar-refractivity contribution in [3.8, 4) is 0 Å². The molecule has 0 aliphatic carbocycles. The van der Waals surface area contributed by atoms with Crippen LogP contribution in [0.2, 0.25) is 0 Å². The highest BCUT2D eigenvalue weighted by molar-refractivity contribution is 5.14. The molecule has 0 radical (unpaired) electrons. The number of nitrogens with two attached hydrogens (primary N) is 1. The molecule has 2 heterocycles. The number of ether oxygens (including phenoxy) is 1. The fourth-order valence-electron chi connectivity index (χ4n) is 1.42. The van der Waals surface area contributed by atoms with Crippen molar-refractivity contribution in [2.24, 2.45) is 0 Å². The van der Waals surface area contributed by atoms with Gasteiger partial charge in [-0.15, -0.1) is 0 Å². The first-order chi connectivity index (χ1) is 5.86. The number of aromatic nitrogens is 1. The summed E-state index contributed by atoms with van der Waals surface area (Å²) < 4.78 is 10.4. The van der Waals surface area contributed by atoms with E-state index in [9.17, 15) is 0 Å². The fourth-order valence-corrected chi connectivity index (χ4v) is 1.42. The van der Waals surface area contributed by atoms with E-state index in [1.165, 1.54) is 6.42 Å². The van der Waals surface area contributed by atoms with Gasteiger partial charge >= 0.3 is 0 Å². The Kier molecular flexibility index (Phi) is 1.99. The second-order valence-electron chi connectivity index (χ2n) is 2.97. The summed E-state index contributed by atoms with van der Waals surface area (Å²) in [6.45, 7) is 0.817. The van der Waals surface area contributed by atoms with Crippen molar-refractivity contribution in [2.45, 2.75) is 25.4 Å². The molecule has 2 N–H and O–H groups in total. The second-order valence-corrected chi connectivity index (χ2v) is 2.97. The van der Waals surface area contributed by atoms with Gasteiger partial charge in [0.1, 0.15) is 18.1 Å². The molecule has 1 aliphatic heterocycles. The van der Waals surface area contributed by atoms with Gasteiger partial charge in [0.25, 0.3) is 6.01 Å². The molecule has 4 nitrogen and oxygen atoms in total. The predicted octanol–water partition coefficient (Wildman–Crippen LogP) is 1.50. The number of nitrogens with zero attached hydrogens (tertiary/aromatic N) is 1. The first-order valence-electron chi connectivity index (χ1n) is 4.19. The summed E-state index contributed by atoms with van der Waals surface area (Å²) in [5.41, 5.74) is 6.18. The lowest BCUT2D eigenvalue weighted by molar-refractivity contribution is 0.0123. The van der Waals surface area contributed by atoms with E-state index >= 15 is 0 Å². The molecular weight excluding hydrogens is 156 g/mol. The van der Waals surface area contributed by atoms with Crippen molar-refractivity contribution in [3.05, 3.63) is 12.0 Å². The Morgan fingerprint density at radius 2 is 2.42 bits per heavy atom. The molecule has 1 saturated heterocycles. The minimum atomic E-state index is 0.0970. The Morgan fingerprint density at radius 3 is 3.00 bits per heavy atom. The van der Waals surface area contributed by atoms with Gasteiger partial charge in [-0.1, -0.05) is 0 Å². The van der Waals surface area contributed by atoms with Gasteiger partial charge in [0, 0.05) is 6.61 Å². The highest BCUT2D eigenvalue weighted by Crippen LogP contribution is 2.27. The third-order valence-corrected chi connectivity index (χ3v) is 2.05. The maximum atomic E-state index is 5.50. The van der Waals surface area contributed by atoms with Crippen LogP contribution in [0, 0.1) is 0 Å². The van der Waals surface area contributed by atoms with E-state index in [-0.39, 0.29) is 12.1 Å². The summed E-state index contributed by atoms with van der Waals surface area (Å²) in [5.74, 6) is 0. The summed E-state index contributed by atoms with van der Waals surface area (Å²) in [6.07, 6.45) is 5.03. The molecule has 1 unspecified atom stereocenters. The Balaban J connectivity index is 2.08. The van der Waals surface area contributed by atoms with Gasteiger partial charge in [0.2, 0.25) is 0 Å². The summed E-state index contributed by atoms with van der Waals surface area (Å²) in [6, 6.07) is 0.221. The van der Waals surface area contributed by atoms with E-state index in [1.54, 1.807) is 6.26 Å². The van der Waals surface area contributed by atoms with Crippen LogP contribution in [0.15, 0.2) is 10.7 Å². The average Bonchev–Trinajstić information content (AvgIpc) is 2.54. The number of rotatable bonds is 1. The molecule has 1 fully saturated rings. The number of nitrogen functional groups attached to an aromatic ring is 1. The van der Waals surface area contributed by atoms with Crippen LogP contribution in [0.4, 0.5) is 6.01 Å². The lowest BCUT2D eigenvalue weighted by Gasteiger charge is -2.19. The molecule has 0 spiro atoms. The van der Waals surface area contributed by atoms with Crippen LogP contribution in [-0.2, 0) is 4.74 Å². The first-order valence-corrected chi connectivity index (χ1v) is 4.19. The van der Waals surface area contributed by atoms with Crippen molar-refractivity contribution in [1.82, 2.24) is 4.98 Å². The Morgan fingerprint density at radius 1 is 1.50 bits per heavy atom. The second kappa shape index (κ2) is 3.15. The molecule has 0 saturated carbocycles. The molecule has 66 valence electrons. The Labute approximate surface area is 70.7 Å². The number of hydrogen-bond donors (Lipinski definition) is 1. The van der Waals surface area contributed by atoms with Crippen molar-refractivity contribution in [3.63, 3.8) is 0 Å². The number of anilines is 1. The molecule has 1 aromatic rings. The van der Waals surface area contributed by atoms with Gasteiger partial charge in [0.05, 0.1) is 0 Å². The molecule has 0 aromatic carbocycles. The molecule has 2 rings (SSSR count). The van der Waals surface area contributed by atoms with Crippen LogP contribution < -0.4 is 5.73 Å². The SMILES string of the molecule is Nc1nc(C2CCCCO2)co1. The summed E-state index contributed by atoms with van der Waals surface area (Å²) in [5, 5.41) is 0. The number of oxazole rings is 1. The molecule has 4 heteroatoms. The predicted molar refractivity (Wildman–Crippen MR) is 43.5 cm³/mol. The maximum Gasteiger partial charge on any atom is 0.292 e. The van der Waals surface area contributed by atoms with E-state index in [2.05, 4.69) is 4.98 Å². The van der Waals surface area contributed by atoms with Gasteiger partial charge in [-0.3, -0.25) is 0 Å². The fraction of sp³-hybridized carbons (Fsp3) is 0.625. The third-order valence-electron chi connectivity index (χ3n) is 2.05. The maximum absolute atomic E-state index is 5.50. The molecule has 0 bridgehead atoms. The molecule has 12 heavy (non-hydrogen) atoms. The van der Waals surface area contributed by atoms with Crippen LogP contribution in [0.1, 0.15) is 31.1 Å². The molecule has 0 amide bonds. The third kappa shape index (κ3) is 1.43. The highest BCUT2D eigenvalue weighted by atomic mass is 16.5. The molecule has 1 aliphatic rings. The van der Waals surface area contributed by atoms with Crippen LogP contribution in [-0.4, -0.2) is 11.6 Å². The minimum absolute atomic E-state index is 0.0970.